The number of hydrogen-bond donors (Lipinski definition) is 1. The van der Waals surface area contributed by atoms with Gasteiger partial charge in [-0.3, -0.25) is 4.79 Å². The maximum atomic E-state index is 9.94. The van der Waals surface area contributed by atoms with Crippen molar-refractivity contribution in [2.24, 2.45) is 0 Å². The molecule has 1 amide bonds. The van der Waals surface area contributed by atoms with Crippen LogP contribution in [0.25, 0.3) is 0 Å². The summed E-state index contributed by atoms with van der Waals surface area (Å²) < 4.78 is 1.08. The molecule has 12 heavy (non-hydrogen) atoms. The van der Waals surface area contributed by atoms with Gasteiger partial charge in [-0.2, -0.15) is 0 Å². The van der Waals surface area contributed by atoms with Gasteiger partial charge in [-0.1, -0.05) is 28.1 Å². The highest BCUT2D eigenvalue weighted by Gasteiger charge is 1.92. The molecular weight excluding hydrogens is 218 g/mol. The third-order valence-corrected chi connectivity index (χ3v) is 2.02. The van der Waals surface area contributed by atoms with Gasteiger partial charge in [0.25, 0.3) is 0 Å². The highest BCUT2D eigenvalue weighted by molar-refractivity contribution is 9.10. The molecule has 0 bridgehead atoms. The van der Waals surface area contributed by atoms with Gasteiger partial charge in [0, 0.05) is 11.0 Å². The van der Waals surface area contributed by atoms with E-state index in [9.17, 15) is 4.79 Å². The summed E-state index contributed by atoms with van der Waals surface area (Å²) in [6.07, 6.45) is 1.59. The minimum atomic E-state index is 0.694. The summed E-state index contributed by atoms with van der Waals surface area (Å²) in [7, 11) is 0. The lowest BCUT2D eigenvalue weighted by Crippen LogP contribution is -2.14. The lowest BCUT2D eigenvalue weighted by atomic mass is 10.1. The van der Waals surface area contributed by atoms with Crippen molar-refractivity contribution in [3.8, 4) is 0 Å². The molecule has 0 spiro atoms. The lowest BCUT2D eigenvalue weighted by molar-refractivity contribution is -0.109. The van der Waals surface area contributed by atoms with E-state index >= 15 is 0 Å². The Labute approximate surface area is 80.1 Å². The first-order chi connectivity index (χ1) is 5.83. The topological polar surface area (TPSA) is 29.1 Å². The summed E-state index contributed by atoms with van der Waals surface area (Å²) in [5, 5.41) is 2.62. The molecule has 1 rings (SSSR count). The molecule has 0 aliphatic carbocycles. The fourth-order valence-corrected chi connectivity index (χ4v) is 1.41. The average molecular weight is 228 g/mol. The van der Waals surface area contributed by atoms with Gasteiger partial charge in [0.05, 0.1) is 0 Å². The monoisotopic (exact) mass is 227 g/mol. The molecule has 0 radical (unpaired) electrons. The van der Waals surface area contributed by atoms with Crippen LogP contribution in [-0.4, -0.2) is 13.0 Å². The second-order valence-corrected chi connectivity index (χ2v) is 3.37. The van der Waals surface area contributed by atoms with E-state index < -0.39 is 0 Å². The number of hydrogen-bond acceptors (Lipinski definition) is 1. The fraction of sp³-hybridized carbons (Fsp3) is 0.222. The molecule has 0 saturated heterocycles. The van der Waals surface area contributed by atoms with Gasteiger partial charge in [-0.05, 0) is 24.1 Å². The van der Waals surface area contributed by atoms with Gasteiger partial charge in [0.1, 0.15) is 0 Å². The first kappa shape index (κ1) is 9.26. The predicted molar refractivity (Wildman–Crippen MR) is 51.9 cm³/mol. The standard InChI is InChI=1S/C9H10BrNO/c10-9-3-1-2-8(6-9)4-5-11-7-12/h1-3,6-7H,4-5H2,(H,11,12). The number of amides is 1. The van der Waals surface area contributed by atoms with E-state index in [-0.39, 0.29) is 0 Å². The molecule has 0 atom stereocenters. The van der Waals surface area contributed by atoms with Crippen molar-refractivity contribution in [2.75, 3.05) is 6.54 Å². The third kappa shape index (κ3) is 3.05. The van der Waals surface area contributed by atoms with Gasteiger partial charge in [-0.25, -0.2) is 0 Å². The number of rotatable bonds is 4. The Morgan fingerprint density at radius 3 is 3.00 bits per heavy atom. The Hall–Kier alpha value is -0.830. The highest BCUT2D eigenvalue weighted by atomic mass is 79.9. The van der Waals surface area contributed by atoms with Gasteiger partial charge >= 0.3 is 0 Å². The van der Waals surface area contributed by atoms with Crippen LogP contribution in [-0.2, 0) is 11.2 Å². The van der Waals surface area contributed by atoms with Crippen LogP contribution in [0.1, 0.15) is 5.56 Å². The maximum absolute atomic E-state index is 9.94. The highest BCUT2D eigenvalue weighted by Crippen LogP contribution is 2.11. The van der Waals surface area contributed by atoms with Crippen molar-refractivity contribution < 1.29 is 4.79 Å². The van der Waals surface area contributed by atoms with Crippen molar-refractivity contribution in [2.45, 2.75) is 6.42 Å². The molecule has 1 aromatic rings. The molecule has 1 N–H and O–H groups in total. The van der Waals surface area contributed by atoms with Gasteiger partial charge < -0.3 is 5.32 Å². The molecule has 0 aliphatic rings. The molecule has 0 aromatic heterocycles. The normalized spacial score (nSPS) is 9.42. The summed E-state index contributed by atoms with van der Waals surface area (Å²) in [4.78, 5) is 9.94. The Morgan fingerprint density at radius 2 is 2.33 bits per heavy atom. The van der Waals surface area contributed by atoms with Crippen LogP contribution in [0.15, 0.2) is 28.7 Å². The molecule has 64 valence electrons. The second kappa shape index (κ2) is 4.93. The van der Waals surface area contributed by atoms with E-state index in [1.807, 2.05) is 24.3 Å². The van der Waals surface area contributed by atoms with Crippen LogP contribution in [0.5, 0.6) is 0 Å². The van der Waals surface area contributed by atoms with E-state index in [0.717, 1.165) is 17.3 Å². The van der Waals surface area contributed by atoms with Crippen molar-refractivity contribution in [3.63, 3.8) is 0 Å². The minimum Gasteiger partial charge on any atom is -0.358 e. The van der Waals surface area contributed by atoms with E-state index in [0.29, 0.717) is 6.54 Å². The Bertz CT molecular complexity index is 262. The average Bonchev–Trinajstić information content (AvgIpc) is 2.05. The molecule has 0 heterocycles. The first-order valence-electron chi connectivity index (χ1n) is 3.74. The number of nitrogens with one attached hydrogen (secondary N) is 1. The van der Waals surface area contributed by atoms with Crippen LogP contribution >= 0.6 is 15.9 Å². The zero-order valence-corrected chi connectivity index (χ0v) is 8.17. The fourth-order valence-electron chi connectivity index (χ4n) is 0.968. The maximum Gasteiger partial charge on any atom is 0.207 e. The number of benzene rings is 1. The van der Waals surface area contributed by atoms with Crippen molar-refractivity contribution in [3.05, 3.63) is 34.3 Å². The summed E-state index contributed by atoms with van der Waals surface area (Å²) in [5.41, 5.74) is 1.22. The van der Waals surface area contributed by atoms with Crippen molar-refractivity contribution in [1.29, 1.82) is 0 Å². The van der Waals surface area contributed by atoms with E-state index in [1.165, 1.54) is 5.56 Å². The number of halogens is 1. The molecule has 0 saturated carbocycles. The van der Waals surface area contributed by atoms with Crippen molar-refractivity contribution >= 4 is 22.3 Å². The Morgan fingerprint density at radius 1 is 1.50 bits per heavy atom. The van der Waals surface area contributed by atoms with Gasteiger partial charge in [0.15, 0.2) is 0 Å². The molecule has 0 aliphatic heterocycles. The molecule has 3 heteroatoms. The van der Waals surface area contributed by atoms with Crippen molar-refractivity contribution in [1.82, 2.24) is 5.32 Å². The number of carbonyl (C=O) groups is 1. The van der Waals surface area contributed by atoms with E-state index in [1.54, 1.807) is 0 Å². The Balaban J connectivity index is 2.46. The quantitative estimate of drug-likeness (QED) is 0.617. The van der Waals surface area contributed by atoms with Crippen LogP contribution in [0.2, 0.25) is 0 Å². The summed E-state index contributed by atoms with van der Waals surface area (Å²) in [6, 6.07) is 8.06. The molecule has 0 unspecified atom stereocenters. The molecule has 2 nitrogen and oxygen atoms in total. The van der Waals surface area contributed by atoms with Crippen LogP contribution in [0, 0.1) is 0 Å². The molecule has 1 aromatic carbocycles. The van der Waals surface area contributed by atoms with Crippen LogP contribution < -0.4 is 5.32 Å². The summed E-state index contributed by atoms with van der Waals surface area (Å²) in [5.74, 6) is 0. The van der Waals surface area contributed by atoms with E-state index in [4.69, 9.17) is 0 Å². The van der Waals surface area contributed by atoms with Gasteiger partial charge in [-0.15, -0.1) is 0 Å². The predicted octanol–water partition coefficient (Wildman–Crippen LogP) is 1.74. The van der Waals surface area contributed by atoms with E-state index in [2.05, 4.69) is 21.2 Å². The largest absolute Gasteiger partial charge is 0.358 e. The number of carbonyl (C=O) groups excluding carboxylic acids is 1. The van der Waals surface area contributed by atoms with Gasteiger partial charge in [0.2, 0.25) is 6.41 Å². The second-order valence-electron chi connectivity index (χ2n) is 2.45. The smallest absolute Gasteiger partial charge is 0.207 e. The van der Waals surface area contributed by atoms with Crippen LogP contribution in [0.3, 0.4) is 0 Å². The Kier molecular flexibility index (Phi) is 3.80. The molecular formula is C9H10BrNO. The summed E-state index contributed by atoms with van der Waals surface area (Å²) >= 11 is 3.38. The first-order valence-corrected chi connectivity index (χ1v) is 4.53. The zero-order valence-electron chi connectivity index (χ0n) is 6.59. The minimum absolute atomic E-state index is 0.694. The molecule has 0 fully saturated rings. The zero-order chi connectivity index (χ0) is 8.81. The van der Waals surface area contributed by atoms with Crippen LogP contribution in [0.4, 0.5) is 0 Å². The lowest BCUT2D eigenvalue weighted by Gasteiger charge is -2.00. The summed E-state index contributed by atoms with van der Waals surface area (Å²) in [6.45, 7) is 0.694. The SMILES string of the molecule is O=CNCCc1cccc(Br)c1. The third-order valence-electron chi connectivity index (χ3n) is 1.53.